The fraction of sp³-hybridized carbons (Fsp3) is 0.222. The van der Waals surface area contributed by atoms with Gasteiger partial charge < -0.3 is 4.84 Å². The first-order valence-corrected chi connectivity index (χ1v) is 8.01. The van der Waals surface area contributed by atoms with Gasteiger partial charge in [-0.25, -0.2) is 4.79 Å². The summed E-state index contributed by atoms with van der Waals surface area (Å²) in [7, 11) is 0. The molecule has 126 valence electrons. The molecule has 1 saturated heterocycles. The van der Waals surface area contributed by atoms with E-state index < -0.39 is 17.8 Å². The molecule has 2 aromatic rings. The Labute approximate surface area is 143 Å². The summed E-state index contributed by atoms with van der Waals surface area (Å²) in [5, 5.41) is 4.91. The highest BCUT2D eigenvalue weighted by Crippen LogP contribution is 2.25. The predicted molar refractivity (Wildman–Crippen MR) is 87.0 cm³/mol. The number of amides is 2. The van der Waals surface area contributed by atoms with Crippen molar-refractivity contribution in [2.45, 2.75) is 25.8 Å². The van der Waals surface area contributed by atoms with Crippen LogP contribution in [0.5, 0.6) is 0 Å². The molecule has 1 aromatic carbocycles. The molecule has 4 rings (SSSR count). The van der Waals surface area contributed by atoms with E-state index in [0.717, 1.165) is 16.8 Å². The second-order valence-corrected chi connectivity index (χ2v) is 5.92. The summed E-state index contributed by atoms with van der Waals surface area (Å²) in [5.74, 6) is -1.79. The number of nitrogens with zero attached hydrogens (tertiary/aromatic N) is 3. The van der Waals surface area contributed by atoms with E-state index >= 15 is 0 Å². The third kappa shape index (κ3) is 2.73. The number of fused-ring (bicyclic) bond motifs is 1. The largest absolute Gasteiger partial charge is 0.384 e. The van der Waals surface area contributed by atoms with Gasteiger partial charge in [-0.2, -0.15) is 5.10 Å². The predicted octanol–water partition coefficient (Wildman–Crippen LogP) is 1.72. The van der Waals surface area contributed by atoms with Gasteiger partial charge in [0.2, 0.25) is 0 Å². The van der Waals surface area contributed by atoms with Crippen LogP contribution in [0.2, 0.25) is 0 Å². The molecule has 1 aliphatic heterocycles. The molecule has 25 heavy (non-hydrogen) atoms. The number of benzene rings is 1. The standard InChI is InChI=1S/C18H15N3O4/c22-15-9-10-16(23)21(15)25-18(24)17-13-7-4-8-14(13)20(19-17)11-12-5-2-1-3-6-12/h1-6,8H,7,9-11H2. The number of allylic oxidation sites excluding steroid dienone is 1. The summed E-state index contributed by atoms with van der Waals surface area (Å²) in [4.78, 5) is 40.7. The van der Waals surface area contributed by atoms with Crippen molar-refractivity contribution in [1.29, 1.82) is 0 Å². The first kappa shape index (κ1) is 15.3. The Kier molecular flexibility index (Phi) is 3.68. The number of hydrogen-bond donors (Lipinski definition) is 0. The van der Waals surface area contributed by atoms with Gasteiger partial charge in [0.15, 0.2) is 5.69 Å². The van der Waals surface area contributed by atoms with Crippen molar-refractivity contribution in [3.05, 3.63) is 58.9 Å². The monoisotopic (exact) mass is 337 g/mol. The van der Waals surface area contributed by atoms with Crippen LogP contribution in [0.4, 0.5) is 0 Å². The first-order valence-electron chi connectivity index (χ1n) is 8.01. The minimum atomic E-state index is -0.782. The topological polar surface area (TPSA) is 81.5 Å². The SMILES string of the molecule is O=C(ON1C(=O)CCC1=O)c1nn(Cc2ccccc2)c2c1CC=C2. The van der Waals surface area contributed by atoms with E-state index in [4.69, 9.17) is 4.84 Å². The Balaban J connectivity index is 1.60. The number of aromatic nitrogens is 2. The van der Waals surface area contributed by atoms with E-state index in [2.05, 4.69) is 5.10 Å². The van der Waals surface area contributed by atoms with Crippen LogP contribution in [0.1, 0.15) is 40.2 Å². The highest BCUT2D eigenvalue weighted by atomic mass is 16.7. The summed E-state index contributed by atoms with van der Waals surface area (Å²) in [6.07, 6.45) is 4.55. The summed E-state index contributed by atoms with van der Waals surface area (Å²) in [6.45, 7) is 0.516. The molecule has 7 heteroatoms. The maximum absolute atomic E-state index is 12.4. The van der Waals surface area contributed by atoms with Crippen molar-refractivity contribution in [2.24, 2.45) is 0 Å². The molecule has 0 radical (unpaired) electrons. The van der Waals surface area contributed by atoms with Crippen molar-refractivity contribution in [3.63, 3.8) is 0 Å². The third-order valence-corrected chi connectivity index (χ3v) is 4.24. The van der Waals surface area contributed by atoms with Gasteiger partial charge in [-0.3, -0.25) is 14.3 Å². The Morgan fingerprint density at radius 3 is 2.56 bits per heavy atom. The Morgan fingerprint density at radius 2 is 1.84 bits per heavy atom. The molecule has 0 saturated carbocycles. The van der Waals surface area contributed by atoms with E-state index in [1.807, 2.05) is 42.5 Å². The molecule has 2 aliphatic rings. The molecule has 0 bridgehead atoms. The van der Waals surface area contributed by atoms with Crippen LogP contribution in [-0.2, 0) is 27.4 Å². The van der Waals surface area contributed by atoms with Crippen LogP contribution in [0.3, 0.4) is 0 Å². The highest BCUT2D eigenvalue weighted by molar-refractivity contribution is 6.02. The maximum Gasteiger partial charge on any atom is 0.384 e. The summed E-state index contributed by atoms with van der Waals surface area (Å²) in [5.41, 5.74) is 2.79. The van der Waals surface area contributed by atoms with E-state index in [0.29, 0.717) is 18.0 Å². The number of hydroxylamine groups is 2. The van der Waals surface area contributed by atoms with Crippen LogP contribution in [0.15, 0.2) is 36.4 Å². The van der Waals surface area contributed by atoms with Crippen molar-refractivity contribution in [1.82, 2.24) is 14.8 Å². The van der Waals surface area contributed by atoms with Crippen molar-refractivity contribution < 1.29 is 19.2 Å². The van der Waals surface area contributed by atoms with E-state index in [-0.39, 0.29) is 18.5 Å². The van der Waals surface area contributed by atoms with Gasteiger partial charge in [-0.15, -0.1) is 5.06 Å². The Hall–Kier alpha value is -3.22. The molecule has 1 fully saturated rings. The number of carbonyl (C=O) groups excluding carboxylic acids is 3. The normalized spacial score (nSPS) is 15.8. The number of rotatable bonds is 4. The molecule has 0 atom stereocenters. The van der Waals surface area contributed by atoms with Gasteiger partial charge in [0.05, 0.1) is 12.2 Å². The smallest absolute Gasteiger partial charge is 0.323 e. The second-order valence-electron chi connectivity index (χ2n) is 5.92. The van der Waals surface area contributed by atoms with Crippen LogP contribution < -0.4 is 0 Å². The highest BCUT2D eigenvalue weighted by Gasteiger charge is 2.35. The second kappa shape index (κ2) is 6.01. The quantitative estimate of drug-likeness (QED) is 0.794. The lowest BCUT2D eigenvalue weighted by Crippen LogP contribution is -2.32. The van der Waals surface area contributed by atoms with E-state index in [1.54, 1.807) is 4.68 Å². The number of imide groups is 1. The molecule has 2 amide bonds. The molecule has 7 nitrogen and oxygen atoms in total. The number of hydrogen-bond acceptors (Lipinski definition) is 5. The molecule has 0 spiro atoms. The maximum atomic E-state index is 12.4. The Morgan fingerprint density at radius 1 is 1.12 bits per heavy atom. The van der Waals surface area contributed by atoms with Gasteiger partial charge in [-0.1, -0.05) is 36.4 Å². The molecule has 1 aromatic heterocycles. The summed E-state index contributed by atoms with van der Waals surface area (Å²) in [6, 6.07) is 9.77. The summed E-state index contributed by atoms with van der Waals surface area (Å²) >= 11 is 0. The van der Waals surface area contributed by atoms with Crippen molar-refractivity contribution in [3.8, 4) is 0 Å². The van der Waals surface area contributed by atoms with Gasteiger partial charge >= 0.3 is 5.97 Å². The van der Waals surface area contributed by atoms with Crippen LogP contribution in [-0.4, -0.2) is 32.6 Å². The molecule has 1 aliphatic carbocycles. The zero-order valence-electron chi connectivity index (χ0n) is 13.3. The minimum absolute atomic E-state index is 0.0637. The van der Waals surface area contributed by atoms with Gasteiger partial charge in [0, 0.05) is 18.4 Å². The molecule has 0 N–H and O–H groups in total. The molecular formula is C18H15N3O4. The fourth-order valence-corrected chi connectivity index (χ4v) is 3.01. The minimum Gasteiger partial charge on any atom is -0.323 e. The average Bonchev–Trinajstić information content (AvgIpc) is 3.29. The molecular weight excluding hydrogens is 322 g/mol. The zero-order chi connectivity index (χ0) is 17.4. The zero-order valence-corrected chi connectivity index (χ0v) is 13.3. The van der Waals surface area contributed by atoms with Crippen LogP contribution in [0, 0.1) is 0 Å². The lowest BCUT2D eigenvalue weighted by atomic mass is 10.2. The fourth-order valence-electron chi connectivity index (χ4n) is 3.01. The van der Waals surface area contributed by atoms with Crippen molar-refractivity contribution >= 4 is 23.9 Å². The first-order chi connectivity index (χ1) is 12.1. The van der Waals surface area contributed by atoms with Crippen LogP contribution in [0.25, 0.3) is 6.08 Å². The van der Waals surface area contributed by atoms with E-state index in [9.17, 15) is 14.4 Å². The number of carbonyl (C=O) groups is 3. The van der Waals surface area contributed by atoms with Crippen molar-refractivity contribution in [2.75, 3.05) is 0 Å². The lowest BCUT2D eigenvalue weighted by molar-refractivity contribution is -0.172. The van der Waals surface area contributed by atoms with E-state index in [1.165, 1.54) is 0 Å². The Bertz CT molecular complexity index is 883. The van der Waals surface area contributed by atoms with Gasteiger partial charge in [0.25, 0.3) is 11.8 Å². The third-order valence-electron chi connectivity index (χ3n) is 4.24. The molecule has 0 unspecified atom stereocenters. The van der Waals surface area contributed by atoms with Gasteiger partial charge in [-0.05, 0) is 18.1 Å². The molecule has 2 heterocycles. The van der Waals surface area contributed by atoms with Crippen LogP contribution >= 0.6 is 0 Å². The van der Waals surface area contributed by atoms with Gasteiger partial charge in [0.1, 0.15) is 0 Å². The summed E-state index contributed by atoms with van der Waals surface area (Å²) < 4.78 is 1.73. The average molecular weight is 337 g/mol. The lowest BCUT2D eigenvalue weighted by Gasteiger charge is -2.11.